The first-order valence-electron chi connectivity index (χ1n) is 5.74. The molecule has 0 aliphatic rings. The van der Waals surface area contributed by atoms with Crippen molar-refractivity contribution < 1.29 is 0 Å². The summed E-state index contributed by atoms with van der Waals surface area (Å²) in [5, 5.41) is 6.80. The summed E-state index contributed by atoms with van der Waals surface area (Å²) in [6, 6.07) is 4.20. The second-order valence-electron chi connectivity index (χ2n) is 4.59. The summed E-state index contributed by atoms with van der Waals surface area (Å²) >= 11 is 1.76. The lowest BCUT2D eigenvalue weighted by atomic mass is 9.98. The SMILES string of the molecule is CC(C)C(C)CNc1nccc2sccc12. The van der Waals surface area contributed by atoms with Crippen LogP contribution in [0.25, 0.3) is 10.1 Å². The number of hydrogen-bond acceptors (Lipinski definition) is 3. The third-order valence-electron chi connectivity index (χ3n) is 3.11. The summed E-state index contributed by atoms with van der Waals surface area (Å²) in [6.45, 7) is 7.76. The van der Waals surface area contributed by atoms with Crippen molar-refractivity contribution in [1.82, 2.24) is 4.98 Å². The van der Waals surface area contributed by atoms with Gasteiger partial charge in [-0.3, -0.25) is 0 Å². The molecule has 0 aliphatic carbocycles. The second kappa shape index (κ2) is 4.83. The van der Waals surface area contributed by atoms with Crippen molar-refractivity contribution >= 4 is 27.2 Å². The van der Waals surface area contributed by atoms with E-state index in [9.17, 15) is 0 Å². The predicted octanol–water partition coefficient (Wildman–Crippen LogP) is 4.00. The van der Waals surface area contributed by atoms with E-state index in [-0.39, 0.29) is 0 Å². The Kier molecular flexibility index (Phi) is 3.44. The molecule has 1 N–H and O–H groups in total. The maximum absolute atomic E-state index is 4.41. The zero-order valence-corrected chi connectivity index (χ0v) is 10.8. The van der Waals surface area contributed by atoms with Crippen molar-refractivity contribution in [3.63, 3.8) is 0 Å². The van der Waals surface area contributed by atoms with Crippen molar-refractivity contribution in [2.45, 2.75) is 20.8 Å². The van der Waals surface area contributed by atoms with Crippen LogP contribution in [0, 0.1) is 11.8 Å². The van der Waals surface area contributed by atoms with Crippen LogP contribution in [-0.2, 0) is 0 Å². The van der Waals surface area contributed by atoms with Gasteiger partial charge in [-0.25, -0.2) is 4.98 Å². The molecule has 2 rings (SSSR count). The molecule has 86 valence electrons. The first-order valence-corrected chi connectivity index (χ1v) is 6.62. The minimum absolute atomic E-state index is 0.663. The molecule has 0 saturated heterocycles. The van der Waals surface area contributed by atoms with Gasteiger partial charge in [0, 0.05) is 22.8 Å². The second-order valence-corrected chi connectivity index (χ2v) is 5.54. The number of aromatic nitrogens is 1. The van der Waals surface area contributed by atoms with Gasteiger partial charge in [0.1, 0.15) is 5.82 Å². The Bertz CT molecular complexity index is 462. The number of nitrogens with zero attached hydrogens (tertiary/aromatic N) is 1. The van der Waals surface area contributed by atoms with Crippen molar-refractivity contribution in [2.24, 2.45) is 11.8 Å². The van der Waals surface area contributed by atoms with Gasteiger partial charge in [-0.15, -0.1) is 11.3 Å². The first-order chi connectivity index (χ1) is 7.68. The number of nitrogens with one attached hydrogen (secondary N) is 1. The molecule has 2 aromatic rings. The highest BCUT2D eigenvalue weighted by Crippen LogP contribution is 2.26. The molecule has 3 heteroatoms. The first kappa shape index (κ1) is 11.4. The topological polar surface area (TPSA) is 24.9 Å². The van der Waals surface area contributed by atoms with Gasteiger partial charge >= 0.3 is 0 Å². The highest BCUT2D eigenvalue weighted by Gasteiger charge is 2.08. The average Bonchev–Trinajstić information content (AvgIpc) is 2.73. The van der Waals surface area contributed by atoms with Crippen LogP contribution in [0.5, 0.6) is 0 Å². The van der Waals surface area contributed by atoms with E-state index in [4.69, 9.17) is 0 Å². The van der Waals surface area contributed by atoms with E-state index in [1.165, 1.54) is 10.1 Å². The molecule has 16 heavy (non-hydrogen) atoms. The Balaban J connectivity index is 2.12. The molecule has 0 aliphatic heterocycles. The maximum Gasteiger partial charge on any atom is 0.134 e. The molecule has 1 unspecified atom stereocenters. The summed E-state index contributed by atoms with van der Waals surface area (Å²) in [5.41, 5.74) is 0. The standard InChI is InChI=1S/C13H18N2S/c1-9(2)10(3)8-15-13-11-5-7-16-12(11)4-6-14-13/h4-7,9-10H,8H2,1-3H3,(H,14,15). The van der Waals surface area contributed by atoms with E-state index in [1.54, 1.807) is 11.3 Å². The summed E-state index contributed by atoms with van der Waals surface area (Å²) in [7, 11) is 0. The van der Waals surface area contributed by atoms with Crippen LogP contribution >= 0.6 is 11.3 Å². The van der Waals surface area contributed by atoms with Crippen molar-refractivity contribution in [3.05, 3.63) is 23.7 Å². The lowest BCUT2D eigenvalue weighted by Gasteiger charge is -2.16. The number of pyridine rings is 1. The zero-order chi connectivity index (χ0) is 11.5. The van der Waals surface area contributed by atoms with Crippen LogP contribution in [0.1, 0.15) is 20.8 Å². The zero-order valence-electron chi connectivity index (χ0n) is 10.0. The van der Waals surface area contributed by atoms with E-state index >= 15 is 0 Å². The Morgan fingerprint density at radius 1 is 1.31 bits per heavy atom. The van der Waals surface area contributed by atoms with Gasteiger partial charge in [-0.1, -0.05) is 20.8 Å². The molecule has 0 spiro atoms. The molecule has 0 aromatic carbocycles. The Labute approximate surface area is 101 Å². The van der Waals surface area contributed by atoms with E-state index in [0.717, 1.165) is 12.4 Å². The van der Waals surface area contributed by atoms with Gasteiger partial charge in [0.2, 0.25) is 0 Å². The molecule has 2 heterocycles. The molecule has 0 saturated carbocycles. The van der Waals surface area contributed by atoms with Gasteiger partial charge in [0.25, 0.3) is 0 Å². The van der Waals surface area contributed by atoms with Gasteiger partial charge in [0.15, 0.2) is 0 Å². The number of thiophene rings is 1. The van der Waals surface area contributed by atoms with Gasteiger partial charge < -0.3 is 5.32 Å². The fourth-order valence-electron chi connectivity index (χ4n) is 1.53. The van der Waals surface area contributed by atoms with Crippen molar-refractivity contribution in [2.75, 3.05) is 11.9 Å². The quantitative estimate of drug-likeness (QED) is 0.865. The smallest absolute Gasteiger partial charge is 0.134 e. The molecule has 1 atom stereocenters. The fourth-order valence-corrected chi connectivity index (χ4v) is 2.31. The monoisotopic (exact) mass is 234 g/mol. The minimum Gasteiger partial charge on any atom is -0.369 e. The third-order valence-corrected chi connectivity index (χ3v) is 3.99. The molecule has 2 nitrogen and oxygen atoms in total. The van der Waals surface area contributed by atoms with E-state index in [0.29, 0.717) is 11.8 Å². The van der Waals surface area contributed by atoms with E-state index < -0.39 is 0 Å². The van der Waals surface area contributed by atoms with Crippen LogP contribution in [0.4, 0.5) is 5.82 Å². The summed E-state index contributed by atoms with van der Waals surface area (Å²) in [6.07, 6.45) is 1.88. The van der Waals surface area contributed by atoms with E-state index in [2.05, 4.69) is 48.6 Å². The van der Waals surface area contributed by atoms with Crippen LogP contribution in [0.15, 0.2) is 23.7 Å². The number of fused-ring (bicyclic) bond motifs is 1. The number of anilines is 1. The highest BCUT2D eigenvalue weighted by atomic mass is 32.1. The maximum atomic E-state index is 4.41. The highest BCUT2D eigenvalue weighted by molar-refractivity contribution is 7.17. The Morgan fingerprint density at radius 2 is 2.12 bits per heavy atom. The van der Waals surface area contributed by atoms with Crippen LogP contribution in [-0.4, -0.2) is 11.5 Å². The molecule has 0 bridgehead atoms. The Hall–Kier alpha value is -1.09. The molecular formula is C13H18N2S. The van der Waals surface area contributed by atoms with Gasteiger partial charge in [-0.05, 0) is 29.3 Å². The summed E-state index contributed by atoms with van der Waals surface area (Å²) < 4.78 is 1.30. The van der Waals surface area contributed by atoms with E-state index in [1.807, 2.05) is 6.20 Å². The van der Waals surface area contributed by atoms with Crippen molar-refractivity contribution in [1.29, 1.82) is 0 Å². The lowest BCUT2D eigenvalue weighted by Crippen LogP contribution is -2.16. The molecule has 0 amide bonds. The van der Waals surface area contributed by atoms with Crippen LogP contribution in [0.2, 0.25) is 0 Å². The molecule has 2 aromatic heterocycles. The van der Waals surface area contributed by atoms with Crippen LogP contribution in [0.3, 0.4) is 0 Å². The minimum atomic E-state index is 0.663. The fraction of sp³-hybridized carbons (Fsp3) is 0.462. The largest absolute Gasteiger partial charge is 0.369 e. The normalized spacial score (nSPS) is 13.2. The number of hydrogen-bond donors (Lipinski definition) is 1. The molecular weight excluding hydrogens is 216 g/mol. The number of rotatable bonds is 4. The molecule has 0 radical (unpaired) electrons. The average molecular weight is 234 g/mol. The van der Waals surface area contributed by atoms with Crippen LogP contribution < -0.4 is 5.32 Å². The predicted molar refractivity (Wildman–Crippen MR) is 72.1 cm³/mol. The summed E-state index contributed by atoms with van der Waals surface area (Å²) in [4.78, 5) is 4.41. The van der Waals surface area contributed by atoms with Gasteiger partial charge in [0.05, 0.1) is 0 Å². The Morgan fingerprint density at radius 3 is 2.88 bits per heavy atom. The van der Waals surface area contributed by atoms with Gasteiger partial charge in [-0.2, -0.15) is 0 Å². The van der Waals surface area contributed by atoms with Crippen molar-refractivity contribution in [3.8, 4) is 0 Å². The molecule has 0 fully saturated rings. The summed E-state index contributed by atoms with van der Waals surface area (Å²) in [5.74, 6) is 2.39. The lowest BCUT2D eigenvalue weighted by molar-refractivity contribution is 0.439. The third kappa shape index (κ3) is 2.35.